The van der Waals surface area contributed by atoms with E-state index in [9.17, 15) is 8.78 Å². The largest absolute Gasteiger partial charge is 0.362 e. The van der Waals surface area contributed by atoms with Gasteiger partial charge in [0.2, 0.25) is 0 Å². The molecule has 1 aliphatic heterocycles. The number of thioether (sulfide) groups is 1. The van der Waals surface area contributed by atoms with E-state index in [1.165, 1.54) is 11.8 Å². The van der Waals surface area contributed by atoms with E-state index < -0.39 is 13.0 Å². The smallest absolute Gasteiger partial charge is 0.257 e. The van der Waals surface area contributed by atoms with Crippen LogP contribution in [0.3, 0.4) is 0 Å². The molecule has 0 radical (unpaired) electrons. The Morgan fingerprint density at radius 1 is 1.62 bits per heavy atom. The minimum absolute atomic E-state index is 0.331. The summed E-state index contributed by atoms with van der Waals surface area (Å²) in [4.78, 5) is 3.79. The highest BCUT2D eigenvalue weighted by atomic mass is 32.2. The molecule has 2 unspecified atom stereocenters. The van der Waals surface area contributed by atoms with Crippen LogP contribution in [-0.2, 0) is 0 Å². The van der Waals surface area contributed by atoms with Crippen molar-refractivity contribution < 1.29 is 8.78 Å². The molecule has 0 aromatic carbocycles. The third-order valence-corrected chi connectivity index (χ3v) is 3.27. The number of halogens is 2. The number of aliphatic imine (C=N–C) groups is 1. The van der Waals surface area contributed by atoms with Gasteiger partial charge in [-0.1, -0.05) is 18.7 Å². The van der Waals surface area contributed by atoms with Crippen molar-refractivity contribution in [3.8, 4) is 0 Å². The van der Waals surface area contributed by atoms with E-state index in [0.29, 0.717) is 17.1 Å². The van der Waals surface area contributed by atoms with Gasteiger partial charge in [-0.05, 0) is 12.8 Å². The molecular weight excluding hydrogens is 194 g/mol. The fourth-order valence-corrected chi connectivity index (χ4v) is 2.12. The minimum Gasteiger partial charge on any atom is -0.362 e. The third-order valence-electron chi connectivity index (χ3n) is 2.06. The highest BCUT2D eigenvalue weighted by Crippen LogP contribution is 2.19. The quantitative estimate of drug-likeness (QED) is 0.750. The molecular formula is C8H14F2N2S. The number of rotatable bonds is 2. The second-order valence-corrected chi connectivity index (χ2v) is 4.27. The average molecular weight is 208 g/mol. The second-order valence-electron chi connectivity index (χ2n) is 3.26. The zero-order chi connectivity index (χ0) is 9.84. The number of hydrogen-bond donors (Lipinski definition) is 1. The van der Waals surface area contributed by atoms with Gasteiger partial charge in [0.25, 0.3) is 6.43 Å². The fourth-order valence-electron chi connectivity index (χ4n) is 0.977. The molecule has 0 saturated carbocycles. The topological polar surface area (TPSA) is 24.4 Å². The Kier molecular flexibility index (Phi) is 3.96. The number of hydrogen-bond acceptors (Lipinski definition) is 2. The molecule has 76 valence electrons. The first kappa shape index (κ1) is 10.8. The Balaban J connectivity index is 2.40. The highest BCUT2D eigenvalue weighted by molar-refractivity contribution is 8.13. The highest BCUT2D eigenvalue weighted by Gasteiger charge is 2.20. The van der Waals surface area contributed by atoms with Crippen LogP contribution in [0.5, 0.6) is 0 Å². The van der Waals surface area contributed by atoms with Crippen LogP contribution in [0.15, 0.2) is 4.99 Å². The zero-order valence-electron chi connectivity index (χ0n) is 7.76. The Bertz CT molecular complexity index is 197. The summed E-state index contributed by atoms with van der Waals surface area (Å²) in [6.45, 7) is 3.78. The summed E-state index contributed by atoms with van der Waals surface area (Å²) >= 11 is 1.52. The predicted octanol–water partition coefficient (Wildman–Crippen LogP) is 1.97. The van der Waals surface area contributed by atoms with Crippen molar-refractivity contribution >= 4 is 16.9 Å². The van der Waals surface area contributed by atoms with E-state index in [2.05, 4.69) is 17.2 Å². The van der Waals surface area contributed by atoms with Crippen LogP contribution in [0.1, 0.15) is 13.8 Å². The van der Waals surface area contributed by atoms with E-state index in [-0.39, 0.29) is 0 Å². The standard InChI is InChI=1S/C8H14F2N2S/c1-5-4-13-8(12-6(5)2)11-3-7(9)10/h5-7H,3-4H2,1-2H3,(H,11,12). The number of nitrogens with zero attached hydrogens (tertiary/aromatic N) is 1. The van der Waals surface area contributed by atoms with Gasteiger partial charge in [-0.15, -0.1) is 0 Å². The van der Waals surface area contributed by atoms with Crippen LogP contribution in [-0.4, -0.2) is 29.9 Å². The summed E-state index contributed by atoms with van der Waals surface area (Å²) in [5.74, 6) is 1.52. The lowest BCUT2D eigenvalue weighted by Gasteiger charge is -2.28. The third kappa shape index (κ3) is 3.50. The lowest BCUT2D eigenvalue weighted by Crippen LogP contribution is -2.41. The summed E-state index contributed by atoms with van der Waals surface area (Å²) in [6, 6.07) is 0.331. The van der Waals surface area contributed by atoms with Gasteiger partial charge in [-0.2, -0.15) is 0 Å². The van der Waals surface area contributed by atoms with Gasteiger partial charge in [-0.25, -0.2) is 8.78 Å². The van der Waals surface area contributed by atoms with Gasteiger partial charge < -0.3 is 5.32 Å². The number of alkyl halides is 2. The lowest BCUT2D eigenvalue weighted by molar-refractivity contribution is 0.158. The Morgan fingerprint density at radius 2 is 2.31 bits per heavy atom. The lowest BCUT2D eigenvalue weighted by atomic mass is 10.1. The summed E-state index contributed by atoms with van der Waals surface area (Å²) < 4.78 is 23.6. The Hall–Kier alpha value is -0.320. The Morgan fingerprint density at radius 3 is 2.85 bits per heavy atom. The minimum atomic E-state index is -2.34. The van der Waals surface area contributed by atoms with Gasteiger partial charge in [0.05, 0.1) is 0 Å². The molecule has 2 nitrogen and oxygen atoms in total. The molecule has 13 heavy (non-hydrogen) atoms. The molecule has 1 rings (SSSR count). The molecule has 0 aromatic rings. The normalized spacial score (nSPS) is 32.2. The maximum absolute atomic E-state index is 11.8. The molecule has 0 aromatic heterocycles. The molecule has 1 fully saturated rings. The van der Waals surface area contributed by atoms with Crippen LogP contribution in [0.25, 0.3) is 0 Å². The van der Waals surface area contributed by atoms with E-state index in [1.807, 2.05) is 6.92 Å². The van der Waals surface area contributed by atoms with Gasteiger partial charge in [0, 0.05) is 11.8 Å². The van der Waals surface area contributed by atoms with E-state index >= 15 is 0 Å². The van der Waals surface area contributed by atoms with Gasteiger partial charge in [0.15, 0.2) is 5.17 Å². The van der Waals surface area contributed by atoms with Gasteiger partial charge in [0.1, 0.15) is 6.54 Å². The molecule has 0 bridgehead atoms. The van der Waals surface area contributed by atoms with Crippen molar-refractivity contribution in [1.82, 2.24) is 5.32 Å². The summed E-state index contributed by atoms with van der Waals surface area (Å²) in [7, 11) is 0. The summed E-state index contributed by atoms with van der Waals surface area (Å²) in [5.41, 5.74) is 0. The van der Waals surface area contributed by atoms with Crippen molar-refractivity contribution in [2.24, 2.45) is 10.9 Å². The molecule has 2 atom stereocenters. The zero-order valence-corrected chi connectivity index (χ0v) is 8.57. The maximum atomic E-state index is 11.8. The van der Waals surface area contributed by atoms with Crippen LogP contribution in [0.2, 0.25) is 0 Å². The van der Waals surface area contributed by atoms with E-state index in [0.717, 1.165) is 5.75 Å². The van der Waals surface area contributed by atoms with Crippen molar-refractivity contribution in [1.29, 1.82) is 0 Å². The van der Waals surface area contributed by atoms with Crippen LogP contribution in [0.4, 0.5) is 8.78 Å². The van der Waals surface area contributed by atoms with Crippen LogP contribution >= 0.6 is 11.8 Å². The predicted molar refractivity (Wildman–Crippen MR) is 52.5 cm³/mol. The second kappa shape index (κ2) is 4.79. The molecule has 1 heterocycles. The van der Waals surface area contributed by atoms with Crippen molar-refractivity contribution in [2.75, 3.05) is 12.3 Å². The van der Waals surface area contributed by atoms with Crippen molar-refractivity contribution in [2.45, 2.75) is 26.3 Å². The molecule has 0 amide bonds. The molecule has 0 spiro atoms. The number of amidine groups is 1. The molecule has 1 saturated heterocycles. The van der Waals surface area contributed by atoms with Crippen molar-refractivity contribution in [3.05, 3.63) is 0 Å². The van der Waals surface area contributed by atoms with Gasteiger partial charge >= 0.3 is 0 Å². The summed E-state index contributed by atoms with van der Waals surface area (Å²) in [6.07, 6.45) is -2.34. The van der Waals surface area contributed by atoms with Crippen molar-refractivity contribution in [3.63, 3.8) is 0 Å². The first-order chi connectivity index (χ1) is 6.09. The number of nitrogens with one attached hydrogen (secondary N) is 1. The monoisotopic (exact) mass is 208 g/mol. The fraction of sp³-hybridized carbons (Fsp3) is 0.875. The van der Waals surface area contributed by atoms with Gasteiger partial charge in [-0.3, -0.25) is 4.99 Å². The van der Waals surface area contributed by atoms with E-state index in [4.69, 9.17) is 0 Å². The first-order valence-corrected chi connectivity index (χ1v) is 5.30. The molecule has 1 N–H and O–H groups in total. The SMILES string of the molecule is CC1CSC(=NCC(F)F)NC1C. The van der Waals surface area contributed by atoms with E-state index in [1.54, 1.807) is 0 Å². The maximum Gasteiger partial charge on any atom is 0.257 e. The average Bonchev–Trinajstić information content (AvgIpc) is 2.07. The van der Waals surface area contributed by atoms with Crippen LogP contribution in [0, 0.1) is 5.92 Å². The Labute approximate surface area is 81.2 Å². The molecule has 0 aliphatic carbocycles. The molecule has 1 aliphatic rings. The molecule has 5 heteroatoms. The van der Waals surface area contributed by atoms with Crippen LogP contribution < -0.4 is 5.32 Å². The first-order valence-electron chi connectivity index (χ1n) is 4.31. The summed E-state index contributed by atoms with van der Waals surface area (Å²) in [5, 5.41) is 3.76.